The quantitative estimate of drug-likeness (QED) is 0.0496. The number of rotatable bonds is 12. The number of carbonyl (C=O) groups excluding carboxylic acids is 2. The van der Waals surface area contributed by atoms with Crippen LogP contribution in [0.25, 0.3) is 0 Å². The van der Waals surface area contributed by atoms with Gasteiger partial charge in [0.2, 0.25) is 0 Å². The number of carbonyl (C=O) groups is 2. The Bertz CT molecular complexity index is 1010. The summed E-state index contributed by atoms with van der Waals surface area (Å²) in [5.74, 6) is -2.96. The molecule has 2 fully saturated rings. The molecule has 2 saturated heterocycles. The number of phenolic OH excluding ortho intramolecular Hbond substituents is 1. The van der Waals surface area contributed by atoms with Crippen LogP contribution in [0, 0.1) is 5.92 Å². The highest BCUT2D eigenvalue weighted by atomic mass is 16.7. The number of phenols is 1. The van der Waals surface area contributed by atoms with E-state index in [2.05, 4.69) is 5.32 Å². The van der Waals surface area contributed by atoms with Crippen LogP contribution in [-0.2, 0) is 28.5 Å². The van der Waals surface area contributed by atoms with Crippen molar-refractivity contribution in [1.29, 1.82) is 0 Å². The summed E-state index contributed by atoms with van der Waals surface area (Å²) in [6, 6.07) is 3.14. The van der Waals surface area contributed by atoms with Gasteiger partial charge in [0, 0.05) is 11.6 Å². The first kappa shape index (κ1) is 32.9. The van der Waals surface area contributed by atoms with Gasteiger partial charge in [-0.1, -0.05) is 0 Å². The topological polar surface area (TPSA) is 260 Å². The van der Waals surface area contributed by atoms with Gasteiger partial charge in [-0.15, -0.1) is 0 Å². The minimum absolute atomic E-state index is 0.0501. The molecule has 1 aromatic carbocycles. The second-order valence-corrected chi connectivity index (χ2v) is 9.73. The number of anilines is 1. The molecule has 2 aliphatic rings. The number of esters is 2. The molecule has 10 atom stereocenters. The van der Waals surface area contributed by atoms with Crippen LogP contribution < -0.4 is 11.1 Å². The third-order valence-electron chi connectivity index (χ3n) is 6.93. The number of unbranched alkanes of at least 4 members (excludes halogenated alkanes) is 1. The highest BCUT2D eigenvalue weighted by Crippen LogP contribution is 2.28. The van der Waals surface area contributed by atoms with Crippen LogP contribution >= 0.6 is 0 Å². The van der Waals surface area contributed by atoms with Crippen LogP contribution in [0.15, 0.2) is 18.2 Å². The van der Waals surface area contributed by atoms with E-state index in [4.69, 9.17) is 29.4 Å². The molecule has 0 saturated carbocycles. The third kappa shape index (κ3) is 8.01. The fourth-order valence-corrected chi connectivity index (χ4v) is 4.56. The number of ether oxygens (including phenoxy) is 5. The number of aromatic hydroxyl groups is 1. The fraction of sp³-hybridized carbons (Fsp3) is 0.680. The molecule has 4 unspecified atom stereocenters. The highest BCUT2D eigenvalue weighted by molar-refractivity contribution is 5.93. The average Bonchev–Trinajstić information content (AvgIpc) is 2.95. The van der Waals surface area contributed by atoms with Gasteiger partial charge in [-0.2, -0.15) is 0 Å². The molecule has 0 bridgehead atoms. The largest absolute Gasteiger partial charge is 0.507 e. The average molecular weight is 591 g/mol. The molecule has 16 heteroatoms. The van der Waals surface area contributed by atoms with Gasteiger partial charge in [-0.05, 0) is 38.1 Å². The Kier molecular flexibility index (Phi) is 12.0. The number of aliphatic hydroxyl groups excluding tert-OH is 6. The molecule has 232 valence electrons. The number of hydrogen-bond acceptors (Lipinski definition) is 16. The van der Waals surface area contributed by atoms with E-state index in [0.717, 1.165) is 0 Å². The Balaban J connectivity index is 1.47. The van der Waals surface area contributed by atoms with Crippen molar-refractivity contribution in [2.24, 2.45) is 5.92 Å². The Morgan fingerprint density at radius 2 is 1.66 bits per heavy atom. The van der Waals surface area contributed by atoms with E-state index in [1.807, 2.05) is 0 Å². The predicted octanol–water partition coefficient (Wildman–Crippen LogP) is -3.45. The molecular weight excluding hydrogens is 552 g/mol. The molecule has 2 heterocycles. The Morgan fingerprint density at radius 1 is 0.976 bits per heavy atom. The van der Waals surface area contributed by atoms with Crippen molar-refractivity contribution in [1.82, 2.24) is 5.32 Å². The highest BCUT2D eigenvalue weighted by Gasteiger charge is 2.49. The number of likely N-dealkylation sites (N-methyl/N-ethyl adjacent to an activating group) is 1. The Labute approximate surface area is 235 Å². The predicted molar refractivity (Wildman–Crippen MR) is 136 cm³/mol. The molecule has 10 N–H and O–H groups in total. The van der Waals surface area contributed by atoms with Crippen LogP contribution in [0.3, 0.4) is 0 Å². The standard InChI is InChI=1S/C25H38N2O14/c1-27-16-13(17(30)15(9-28)40-23(16)35)10-39-25-20(33)18(31)19(32)21(41-25)24(36)38-7-3-2-6-37-22(34)12-8-11(26)4-5-14(12)29/h4-5,8,13,15-21,23,25,27-33,35H,2-3,6-7,9-10,26H2,1H3/t13-,15?,16?,17-,18+,19-,20?,21?,23-,25-/m1/s1. The fourth-order valence-electron chi connectivity index (χ4n) is 4.56. The first-order chi connectivity index (χ1) is 19.5. The molecule has 0 amide bonds. The Morgan fingerprint density at radius 3 is 2.32 bits per heavy atom. The normalized spacial score (nSPS) is 33.7. The van der Waals surface area contributed by atoms with Crippen molar-refractivity contribution >= 4 is 17.6 Å². The van der Waals surface area contributed by atoms with Crippen molar-refractivity contribution in [2.75, 3.05) is 39.2 Å². The molecule has 0 aromatic heterocycles. The van der Waals surface area contributed by atoms with E-state index in [1.165, 1.54) is 25.2 Å². The maximum Gasteiger partial charge on any atom is 0.341 e. The van der Waals surface area contributed by atoms with E-state index < -0.39 is 79.7 Å². The van der Waals surface area contributed by atoms with Crippen molar-refractivity contribution in [3.8, 4) is 5.75 Å². The van der Waals surface area contributed by atoms with Gasteiger partial charge in [-0.3, -0.25) is 0 Å². The molecule has 0 radical (unpaired) electrons. The number of benzene rings is 1. The van der Waals surface area contributed by atoms with Crippen LogP contribution in [0.4, 0.5) is 5.69 Å². The van der Waals surface area contributed by atoms with Gasteiger partial charge in [-0.25, -0.2) is 9.59 Å². The number of nitrogens with two attached hydrogens (primary N) is 1. The maximum atomic E-state index is 12.6. The summed E-state index contributed by atoms with van der Waals surface area (Å²) in [4.78, 5) is 24.6. The van der Waals surface area contributed by atoms with Crippen LogP contribution in [0.2, 0.25) is 0 Å². The number of nitrogens with one attached hydrogen (secondary N) is 1. The van der Waals surface area contributed by atoms with Crippen molar-refractivity contribution in [2.45, 2.75) is 68.1 Å². The van der Waals surface area contributed by atoms with Gasteiger partial charge in [0.25, 0.3) is 0 Å². The van der Waals surface area contributed by atoms with E-state index in [1.54, 1.807) is 0 Å². The van der Waals surface area contributed by atoms with Crippen molar-refractivity contribution in [3.63, 3.8) is 0 Å². The maximum absolute atomic E-state index is 12.6. The summed E-state index contributed by atoms with van der Waals surface area (Å²) >= 11 is 0. The smallest absolute Gasteiger partial charge is 0.341 e. The SMILES string of the molecule is CNC1[C@H](O)OC(CO)[C@H](O)[C@@H]1CO[C@@H]1OC(C(=O)OCCCCOC(=O)c2cc(N)ccc2O)[C@H](O)[C@H](O)C1O. The summed E-state index contributed by atoms with van der Waals surface area (Å²) in [5, 5.41) is 73.5. The second kappa shape index (κ2) is 15.0. The van der Waals surface area contributed by atoms with E-state index in [0.29, 0.717) is 0 Å². The summed E-state index contributed by atoms with van der Waals surface area (Å²) in [5.41, 5.74) is 5.79. The summed E-state index contributed by atoms with van der Waals surface area (Å²) in [7, 11) is 1.50. The van der Waals surface area contributed by atoms with Gasteiger partial charge in [0.05, 0.1) is 38.6 Å². The zero-order chi connectivity index (χ0) is 30.3. The first-order valence-electron chi connectivity index (χ1n) is 13.0. The molecule has 0 aliphatic carbocycles. The van der Waals surface area contributed by atoms with Gasteiger partial charge >= 0.3 is 11.9 Å². The number of hydrogen-bond donors (Lipinski definition) is 9. The summed E-state index contributed by atoms with van der Waals surface area (Å²) < 4.78 is 26.3. The molecule has 41 heavy (non-hydrogen) atoms. The number of nitrogen functional groups attached to an aromatic ring is 1. The van der Waals surface area contributed by atoms with Gasteiger partial charge in [0.15, 0.2) is 18.7 Å². The lowest BCUT2D eigenvalue weighted by molar-refractivity contribution is -0.306. The van der Waals surface area contributed by atoms with E-state index >= 15 is 0 Å². The molecule has 3 rings (SSSR count). The van der Waals surface area contributed by atoms with Crippen LogP contribution in [0.5, 0.6) is 5.75 Å². The lowest BCUT2D eigenvalue weighted by Crippen LogP contribution is -2.63. The monoisotopic (exact) mass is 590 g/mol. The second-order valence-electron chi connectivity index (χ2n) is 9.73. The molecule has 1 aromatic rings. The molecular formula is C25H38N2O14. The lowest BCUT2D eigenvalue weighted by Gasteiger charge is -2.44. The minimum atomic E-state index is -1.84. The zero-order valence-electron chi connectivity index (χ0n) is 22.3. The van der Waals surface area contributed by atoms with E-state index in [9.17, 15) is 45.3 Å². The van der Waals surface area contributed by atoms with Crippen molar-refractivity contribution < 1.29 is 69.0 Å². The lowest BCUT2D eigenvalue weighted by atomic mass is 9.88. The first-order valence-corrected chi connectivity index (χ1v) is 13.0. The zero-order valence-corrected chi connectivity index (χ0v) is 22.3. The minimum Gasteiger partial charge on any atom is -0.507 e. The Hall–Kier alpha value is -2.64. The molecule has 2 aliphatic heterocycles. The van der Waals surface area contributed by atoms with Crippen LogP contribution in [-0.4, -0.2) is 136 Å². The summed E-state index contributed by atoms with van der Waals surface area (Å²) in [6.45, 7) is -1.15. The molecule has 0 spiro atoms. The van der Waals surface area contributed by atoms with Crippen LogP contribution in [0.1, 0.15) is 23.2 Å². The van der Waals surface area contributed by atoms with Crippen molar-refractivity contribution in [3.05, 3.63) is 23.8 Å². The third-order valence-corrected chi connectivity index (χ3v) is 6.93. The van der Waals surface area contributed by atoms with Gasteiger partial charge < -0.3 is 70.5 Å². The summed E-state index contributed by atoms with van der Waals surface area (Å²) in [6.07, 6.45) is -12.1. The van der Waals surface area contributed by atoms with E-state index in [-0.39, 0.29) is 49.7 Å². The number of aliphatic hydroxyl groups is 6. The van der Waals surface area contributed by atoms with Gasteiger partial charge in [0.1, 0.15) is 35.7 Å². The molecule has 16 nitrogen and oxygen atoms in total.